The lowest BCUT2D eigenvalue weighted by molar-refractivity contribution is 0.0603. The second-order valence-electron chi connectivity index (χ2n) is 4.39. The highest BCUT2D eigenvalue weighted by Gasteiger charge is 2.20. The van der Waals surface area contributed by atoms with Gasteiger partial charge in [-0.15, -0.1) is 0 Å². The molecule has 0 radical (unpaired) electrons. The molecule has 0 amide bonds. The average Bonchev–Trinajstić information content (AvgIpc) is 2.89. The Bertz CT molecular complexity index is 647. The van der Waals surface area contributed by atoms with Crippen LogP contribution in [0.5, 0.6) is 0 Å². The zero-order chi connectivity index (χ0) is 14.9. The molecule has 2 heterocycles. The molecule has 0 aliphatic rings. The number of nitrogens with zero attached hydrogens (tertiary/aromatic N) is 3. The molecule has 0 unspecified atom stereocenters. The monoisotopic (exact) mass is 295 g/mol. The quantitative estimate of drug-likeness (QED) is 0.829. The maximum absolute atomic E-state index is 11.7. The summed E-state index contributed by atoms with van der Waals surface area (Å²) in [6, 6.07) is 0. The summed E-state index contributed by atoms with van der Waals surface area (Å²) in [5, 5.41) is 8.14. The number of hydrogen-bond acceptors (Lipinski definition) is 7. The Morgan fingerprint density at radius 1 is 1.50 bits per heavy atom. The van der Waals surface area contributed by atoms with Gasteiger partial charge in [0.25, 0.3) is 0 Å². The van der Waals surface area contributed by atoms with Crippen LogP contribution in [0.15, 0.2) is 0 Å². The Hall–Kier alpha value is -2.09. The van der Waals surface area contributed by atoms with Crippen molar-refractivity contribution in [2.24, 2.45) is 7.05 Å². The molecule has 20 heavy (non-hydrogen) atoms. The SMILES string of the molecule is COC(=O)c1c(N)nsc1NCc1c(C)nn(C)c1C. The van der Waals surface area contributed by atoms with Gasteiger partial charge < -0.3 is 15.8 Å². The summed E-state index contributed by atoms with van der Waals surface area (Å²) < 4.78 is 10.5. The Kier molecular flexibility index (Phi) is 3.93. The smallest absolute Gasteiger partial charge is 0.344 e. The first kappa shape index (κ1) is 14.3. The van der Waals surface area contributed by atoms with E-state index in [-0.39, 0.29) is 11.4 Å². The number of esters is 1. The molecule has 7 nitrogen and oxygen atoms in total. The van der Waals surface area contributed by atoms with Gasteiger partial charge in [0.1, 0.15) is 10.6 Å². The van der Waals surface area contributed by atoms with Gasteiger partial charge >= 0.3 is 5.97 Å². The first-order valence-electron chi connectivity index (χ1n) is 6.02. The molecule has 0 fully saturated rings. The largest absolute Gasteiger partial charge is 0.465 e. The lowest BCUT2D eigenvalue weighted by atomic mass is 10.2. The maximum atomic E-state index is 11.7. The van der Waals surface area contributed by atoms with Crippen molar-refractivity contribution in [3.05, 3.63) is 22.5 Å². The summed E-state index contributed by atoms with van der Waals surface area (Å²) in [6.07, 6.45) is 0. The normalized spacial score (nSPS) is 10.6. The van der Waals surface area contributed by atoms with Crippen LogP contribution in [-0.2, 0) is 18.3 Å². The van der Waals surface area contributed by atoms with Crippen molar-refractivity contribution in [3.63, 3.8) is 0 Å². The number of anilines is 2. The number of hydrogen-bond donors (Lipinski definition) is 2. The van der Waals surface area contributed by atoms with E-state index >= 15 is 0 Å². The van der Waals surface area contributed by atoms with Crippen LogP contribution in [0.1, 0.15) is 27.3 Å². The molecule has 8 heteroatoms. The predicted octanol–water partition coefficient (Wildman–Crippen LogP) is 1.47. The number of methoxy groups -OCH3 is 1. The number of nitrogens with one attached hydrogen (secondary N) is 1. The molecular formula is C12H17N5O2S. The lowest BCUT2D eigenvalue weighted by Crippen LogP contribution is -2.08. The first-order valence-corrected chi connectivity index (χ1v) is 6.79. The number of ether oxygens (including phenoxy) is 1. The van der Waals surface area contributed by atoms with Crippen LogP contribution in [0.3, 0.4) is 0 Å². The van der Waals surface area contributed by atoms with Crippen LogP contribution in [0.4, 0.5) is 10.8 Å². The van der Waals surface area contributed by atoms with E-state index in [1.54, 1.807) is 0 Å². The third-order valence-electron chi connectivity index (χ3n) is 3.19. The molecule has 2 aromatic heterocycles. The summed E-state index contributed by atoms with van der Waals surface area (Å²) in [6.45, 7) is 4.50. The van der Waals surface area contributed by atoms with Crippen LogP contribution in [0.2, 0.25) is 0 Å². The number of aromatic nitrogens is 3. The maximum Gasteiger partial charge on any atom is 0.344 e. The first-order chi connectivity index (χ1) is 9.45. The number of aryl methyl sites for hydroxylation is 2. The zero-order valence-electron chi connectivity index (χ0n) is 11.9. The molecule has 0 spiro atoms. The highest BCUT2D eigenvalue weighted by molar-refractivity contribution is 7.11. The second-order valence-corrected chi connectivity index (χ2v) is 5.16. The molecule has 2 aromatic rings. The van der Waals surface area contributed by atoms with E-state index in [9.17, 15) is 4.79 Å². The van der Waals surface area contributed by atoms with E-state index in [2.05, 4.69) is 14.8 Å². The van der Waals surface area contributed by atoms with E-state index in [4.69, 9.17) is 10.5 Å². The van der Waals surface area contributed by atoms with Crippen molar-refractivity contribution in [3.8, 4) is 0 Å². The molecule has 0 aliphatic carbocycles. The minimum atomic E-state index is -0.488. The van der Waals surface area contributed by atoms with Crippen LogP contribution in [-0.4, -0.2) is 27.2 Å². The Morgan fingerprint density at radius 3 is 2.75 bits per heavy atom. The fourth-order valence-electron chi connectivity index (χ4n) is 1.96. The van der Waals surface area contributed by atoms with Gasteiger partial charge in [-0.05, 0) is 25.4 Å². The molecule has 3 N–H and O–H groups in total. The summed E-state index contributed by atoms with van der Waals surface area (Å²) in [7, 11) is 3.22. The van der Waals surface area contributed by atoms with Crippen molar-refractivity contribution < 1.29 is 9.53 Å². The van der Waals surface area contributed by atoms with Crippen molar-refractivity contribution >= 4 is 28.3 Å². The standard InChI is InChI=1S/C12H17N5O2S/c1-6-8(7(2)17(3)15-6)5-14-11-9(12(18)19-4)10(13)16-20-11/h14H,5H2,1-4H3,(H2,13,16). The molecular weight excluding hydrogens is 278 g/mol. The minimum absolute atomic E-state index is 0.184. The van der Waals surface area contributed by atoms with Crippen LogP contribution >= 0.6 is 11.5 Å². The number of rotatable bonds is 4. The minimum Gasteiger partial charge on any atom is -0.465 e. The van der Waals surface area contributed by atoms with E-state index in [0.29, 0.717) is 11.5 Å². The molecule has 0 bridgehead atoms. The van der Waals surface area contributed by atoms with Gasteiger partial charge in [0, 0.05) is 24.8 Å². The van der Waals surface area contributed by atoms with E-state index in [1.807, 2.05) is 25.6 Å². The summed E-state index contributed by atoms with van der Waals surface area (Å²) in [5.41, 5.74) is 9.10. The molecule has 0 saturated heterocycles. The van der Waals surface area contributed by atoms with Crippen molar-refractivity contribution in [2.45, 2.75) is 20.4 Å². The van der Waals surface area contributed by atoms with Gasteiger partial charge in [0.15, 0.2) is 5.82 Å². The third kappa shape index (κ3) is 2.46. The topological polar surface area (TPSA) is 95.1 Å². The van der Waals surface area contributed by atoms with Crippen molar-refractivity contribution in [1.82, 2.24) is 14.2 Å². The molecule has 2 rings (SSSR count). The molecule has 0 aromatic carbocycles. The second kappa shape index (κ2) is 5.49. The van der Waals surface area contributed by atoms with Gasteiger partial charge in [0.2, 0.25) is 0 Å². The van der Waals surface area contributed by atoms with E-state index < -0.39 is 5.97 Å². The van der Waals surface area contributed by atoms with E-state index in [1.165, 1.54) is 7.11 Å². The van der Waals surface area contributed by atoms with Gasteiger partial charge in [0.05, 0.1) is 12.8 Å². The third-order valence-corrected chi connectivity index (χ3v) is 4.01. The molecule has 0 aliphatic heterocycles. The van der Waals surface area contributed by atoms with Crippen LogP contribution in [0.25, 0.3) is 0 Å². The number of carbonyl (C=O) groups is 1. The van der Waals surface area contributed by atoms with Gasteiger partial charge in [-0.25, -0.2) is 4.79 Å². The van der Waals surface area contributed by atoms with Gasteiger partial charge in [-0.1, -0.05) is 0 Å². The van der Waals surface area contributed by atoms with Crippen molar-refractivity contribution in [1.29, 1.82) is 0 Å². The number of nitrogen functional groups attached to an aromatic ring is 1. The number of carbonyl (C=O) groups excluding carboxylic acids is 1. The van der Waals surface area contributed by atoms with Crippen LogP contribution in [0, 0.1) is 13.8 Å². The van der Waals surface area contributed by atoms with E-state index in [0.717, 1.165) is 28.5 Å². The summed E-state index contributed by atoms with van der Waals surface area (Å²) >= 11 is 1.14. The van der Waals surface area contributed by atoms with Crippen molar-refractivity contribution in [2.75, 3.05) is 18.2 Å². The van der Waals surface area contributed by atoms with Gasteiger partial charge in [-0.2, -0.15) is 9.47 Å². The Labute approximate surface area is 120 Å². The fourth-order valence-corrected chi connectivity index (χ4v) is 2.66. The zero-order valence-corrected chi connectivity index (χ0v) is 12.7. The fraction of sp³-hybridized carbons (Fsp3) is 0.417. The average molecular weight is 295 g/mol. The Balaban J connectivity index is 2.22. The summed E-state index contributed by atoms with van der Waals surface area (Å²) in [5.74, 6) is -0.303. The molecule has 108 valence electrons. The molecule has 0 saturated carbocycles. The highest BCUT2D eigenvalue weighted by atomic mass is 32.1. The lowest BCUT2D eigenvalue weighted by Gasteiger charge is -2.06. The predicted molar refractivity (Wildman–Crippen MR) is 77.9 cm³/mol. The Morgan fingerprint density at radius 2 is 2.20 bits per heavy atom. The highest BCUT2D eigenvalue weighted by Crippen LogP contribution is 2.28. The van der Waals surface area contributed by atoms with Crippen LogP contribution < -0.4 is 11.1 Å². The summed E-state index contributed by atoms with van der Waals surface area (Å²) in [4.78, 5) is 11.7. The number of nitrogens with two attached hydrogens (primary N) is 1. The molecule has 0 atom stereocenters. The van der Waals surface area contributed by atoms with Gasteiger partial charge in [-0.3, -0.25) is 4.68 Å².